The molecule has 3 rings (SSSR count). The van der Waals surface area contributed by atoms with Gasteiger partial charge in [0.2, 0.25) is 0 Å². The fourth-order valence-corrected chi connectivity index (χ4v) is 2.72. The molecule has 1 fully saturated rings. The Kier molecular flexibility index (Phi) is 2.26. The standard InChI is InChI=1S/C13H18N2/c14-13-8-15(9-13)7-10-4-5-11-2-1-3-12(11)6-10/h4-6,13H,1-3,7-9,14H2. The van der Waals surface area contributed by atoms with Crippen molar-refractivity contribution in [2.45, 2.75) is 31.8 Å². The van der Waals surface area contributed by atoms with E-state index in [1.807, 2.05) is 0 Å². The van der Waals surface area contributed by atoms with E-state index >= 15 is 0 Å². The van der Waals surface area contributed by atoms with E-state index in [0.717, 1.165) is 19.6 Å². The summed E-state index contributed by atoms with van der Waals surface area (Å²) in [5.41, 5.74) is 10.4. The molecule has 2 nitrogen and oxygen atoms in total. The third-order valence-electron chi connectivity index (χ3n) is 3.55. The molecule has 15 heavy (non-hydrogen) atoms. The molecule has 2 aliphatic rings. The average Bonchev–Trinajstić information content (AvgIpc) is 2.62. The lowest BCUT2D eigenvalue weighted by Crippen LogP contribution is -2.54. The molecular weight excluding hydrogens is 184 g/mol. The van der Waals surface area contributed by atoms with Crippen molar-refractivity contribution in [1.29, 1.82) is 0 Å². The molecule has 0 radical (unpaired) electrons. The minimum Gasteiger partial charge on any atom is -0.325 e. The Morgan fingerprint density at radius 2 is 2.00 bits per heavy atom. The van der Waals surface area contributed by atoms with Gasteiger partial charge in [0.1, 0.15) is 0 Å². The smallest absolute Gasteiger partial charge is 0.0297 e. The summed E-state index contributed by atoms with van der Waals surface area (Å²) in [6, 6.07) is 7.41. The molecule has 0 aromatic heterocycles. The minimum atomic E-state index is 0.416. The van der Waals surface area contributed by atoms with Crippen LogP contribution in [0, 0.1) is 0 Å². The number of nitrogens with zero attached hydrogens (tertiary/aromatic N) is 1. The van der Waals surface area contributed by atoms with Gasteiger partial charge in [-0.2, -0.15) is 0 Å². The van der Waals surface area contributed by atoms with Gasteiger partial charge in [0.25, 0.3) is 0 Å². The topological polar surface area (TPSA) is 29.3 Å². The summed E-state index contributed by atoms with van der Waals surface area (Å²) < 4.78 is 0. The van der Waals surface area contributed by atoms with Gasteiger partial charge in [0, 0.05) is 25.7 Å². The van der Waals surface area contributed by atoms with Crippen molar-refractivity contribution in [3.05, 3.63) is 34.9 Å². The molecule has 2 N–H and O–H groups in total. The second-order valence-electron chi connectivity index (χ2n) is 4.91. The molecule has 0 bridgehead atoms. The number of nitrogens with two attached hydrogens (primary N) is 1. The highest BCUT2D eigenvalue weighted by molar-refractivity contribution is 5.35. The van der Waals surface area contributed by atoms with E-state index in [1.165, 1.54) is 24.8 Å². The molecule has 0 unspecified atom stereocenters. The third-order valence-corrected chi connectivity index (χ3v) is 3.55. The van der Waals surface area contributed by atoms with Crippen molar-refractivity contribution in [2.75, 3.05) is 13.1 Å². The summed E-state index contributed by atoms with van der Waals surface area (Å²) in [5, 5.41) is 0. The van der Waals surface area contributed by atoms with Crippen LogP contribution in [0.4, 0.5) is 0 Å². The van der Waals surface area contributed by atoms with E-state index in [0.29, 0.717) is 6.04 Å². The van der Waals surface area contributed by atoms with Gasteiger partial charge in [-0.3, -0.25) is 4.90 Å². The maximum absolute atomic E-state index is 5.77. The van der Waals surface area contributed by atoms with Crippen LogP contribution in [0.25, 0.3) is 0 Å². The van der Waals surface area contributed by atoms with Crippen molar-refractivity contribution in [3.8, 4) is 0 Å². The van der Waals surface area contributed by atoms with E-state index in [1.54, 1.807) is 11.1 Å². The number of rotatable bonds is 2. The first-order valence-corrected chi connectivity index (χ1v) is 5.90. The van der Waals surface area contributed by atoms with Crippen LogP contribution in [0.1, 0.15) is 23.1 Å². The maximum Gasteiger partial charge on any atom is 0.0297 e. The Bertz CT molecular complexity index is 367. The highest BCUT2D eigenvalue weighted by Crippen LogP contribution is 2.23. The quantitative estimate of drug-likeness (QED) is 0.783. The van der Waals surface area contributed by atoms with Gasteiger partial charge in [-0.1, -0.05) is 18.2 Å². The lowest BCUT2D eigenvalue weighted by molar-refractivity contribution is 0.142. The normalized spacial score (nSPS) is 21.4. The molecule has 0 amide bonds. The van der Waals surface area contributed by atoms with Gasteiger partial charge in [-0.25, -0.2) is 0 Å². The summed E-state index contributed by atoms with van der Waals surface area (Å²) in [4.78, 5) is 2.42. The zero-order chi connectivity index (χ0) is 10.3. The number of fused-ring (bicyclic) bond motifs is 1. The third kappa shape index (κ3) is 1.80. The van der Waals surface area contributed by atoms with E-state index in [-0.39, 0.29) is 0 Å². The van der Waals surface area contributed by atoms with Crippen molar-refractivity contribution < 1.29 is 0 Å². The number of aryl methyl sites for hydroxylation is 2. The van der Waals surface area contributed by atoms with Crippen LogP contribution in [-0.4, -0.2) is 24.0 Å². The predicted molar refractivity (Wildman–Crippen MR) is 61.7 cm³/mol. The van der Waals surface area contributed by atoms with Gasteiger partial charge < -0.3 is 5.73 Å². The molecule has 2 heteroatoms. The first-order valence-electron chi connectivity index (χ1n) is 5.90. The Morgan fingerprint density at radius 1 is 1.20 bits per heavy atom. The summed E-state index contributed by atoms with van der Waals surface area (Å²) in [6.45, 7) is 3.22. The van der Waals surface area contributed by atoms with Crippen LogP contribution in [0.3, 0.4) is 0 Å². The van der Waals surface area contributed by atoms with Crippen LogP contribution in [0.5, 0.6) is 0 Å². The first-order chi connectivity index (χ1) is 7.31. The second-order valence-corrected chi connectivity index (χ2v) is 4.91. The highest BCUT2D eigenvalue weighted by Gasteiger charge is 2.22. The summed E-state index contributed by atoms with van der Waals surface area (Å²) in [6.07, 6.45) is 3.90. The molecule has 0 spiro atoms. The largest absolute Gasteiger partial charge is 0.325 e. The SMILES string of the molecule is NC1CN(Cc2ccc3c(c2)CCC3)C1. The second kappa shape index (κ2) is 3.62. The van der Waals surface area contributed by atoms with E-state index in [2.05, 4.69) is 23.1 Å². The molecule has 1 aliphatic heterocycles. The fraction of sp³-hybridized carbons (Fsp3) is 0.538. The van der Waals surface area contributed by atoms with Gasteiger partial charge in [0.05, 0.1) is 0 Å². The summed E-state index contributed by atoms with van der Waals surface area (Å²) >= 11 is 0. The van der Waals surface area contributed by atoms with Crippen LogP contribution in [0.2, 0.25) is 0 Å². The van der Waals surface area contributed by atoms with Crippen molar-refractivity contribution >= 4 is 0 Å². The zero-order valence-corrected chi connectivity index (χ0v) is 9.08. The molecule has 1 saturated heterocycles. The Balaban J connectivity index is 1.70. The average molecular weight is 202 g/mol. The Morgan fingerprint density at radius 3 is 2.80 bits per heavy atom. The molecule has 1 aromatic carbocycles. The zero-order valence-electron chi connectivity index (χ0n) is 9.08. The predicted octanol–water partition coefficient (Wildman–Crippen LogP) is 1.32. The molecule has 1 aromatic rings. The number of hydrogen-bond donors (Lipinski definition) is 1. The van der Waals surface area contributed by atoms with Gasteiger partial charge in [0.15, 0.2) is 0 Å². The van der Waals surface area contributed by atoms with Gasteiger partial charge in [-0.05, 0) is 36.0 Å². The molecule has 0 atom stereocenters. The summed E-state index contributed by atoms with van der Waals surface area (Å²) in [7, 11) is 0. The number of benzene rings is 1. The van der Waals surface area contributed by atoms with Crippen LogP contribution in [-0.2, 0) is 19.4 Å². The van der Waals surface area contributed by atoms with Gasteiger partial charge >= 0.3 is 0 Å². The van der Waals surface area contributed by atoms with Crippen molar-refractivity contribution in [3.63, 3.8) is 0 Å². The molecule has 1 aliphatic carbocycles. The Hall–Kier alpha value is -0.860. The number of hydrogen-bond acceptors (Lipinski definition) is 2. The molecule has 1 heterocycles. The van der Waals surface area contributed by atoms with Crippen molar-refractivity contribution in [2.24, 2.45) is 5.73 Å². The van der Waals surface area contributed by atoms with Crippen LogP contribution >= 0.6 is 0 Å². The highest BCUT2D eigenvalue weighted by atomic mass is 15.2. The van der Waals surface area contributed by atoms with E-state index in [4.69, 9.17) is 5.73 Å². The van der Waals surface area contributed by atoms with Crippen LogP contribution < -0.4 is 5.73 Å². The molecular formula is C13H18N2. The minimum absolute atomic E-state index is 0.416. The first kappa shape index (κ1) is 9.37. The van der Waals surface area contributed by atoms with Gasteiger partial charge in [-0.15, -0.1) is 0 Å². The monoisotopic (exact) mass is 202 g/mol. The molecule has 0 saturated carbocycles. The maximum atomic E-state index is 5.77. The molecule has 80 valence electrons. The Labute approximate surface area is 91.1 Å². The van der Waals surface area contributed by atoms with Crippen LogP contribution in [0.15, 0.2) is 18.2 Å². The fourth-order valence-electron chi connectivity index (χ4n) is 2.72. The van der Waals surface area contributed by atoms with E-state index < -0.39 is 0 Å². The van der Waals surface area contributed by atoms with Crippen molar-refractivity contribution in [1.82, 2.24) is 4.90 Å². The van der Waals surface area contributed by atoms with E-state index in [9.17, 15) is 0 Å². The summed E-state index contributed by atoms with van der Waals surface area (Å²) in [5.74, 6) is 0. The lowest BCUT2D eigenvalue weighted by atomic mass is 10.0. The lowest BCUT2D eigenvalue weighted by Gasteiger charge is -2.36. The number of likely N-dealkylation sites (tertiary alicyclic amines) is 1.